The first kappa shape index (κ1) is 19.6. The van der Waals surface area contributed by atoms with Gasteiger partial charge in [-0.3, -0.25) is 9.58 Å². The summed E-state index contributed by atoms with van der Waals surface area (Å²) in [6.07, 6.45) is 11.1. The van der Waals surface area contributed by atoms with Crippen LogP contribution in [-0.4, -0.2) is 49.6 Å². The van der Waals surface area contributed by atoms with Gasteiger partial charge in [0.15, 0.2) is 0 Å². The molecule has 4 aliphatic carbocycles. The summed E-state index contributed by atoms with van der Waals surface area (Å²) >= 11 is 0. The molecule has 0 spiro atoms. The molecular formula is C27H35N3O2. The van der Waals surface area contributed by atoms with E-state index in [4.69, 9.17) is 5.10 Å². The van der Waals surface area contributed by atoms with E-state index in [1.165, 1.54) is 66.6 Å². The van der Waals surface area contributed by atoms with Gasteiger partial charge in [-0.2, -0.15) is 5.10 Å². The number of aromatic nitrogens is 2. The maximum absolute atomic E-state index is 12.7. The summed E-state index contributed by atoms with van der Waals surface area (Å²) in [6, 6.07) is 6.57. The zero-order valence-corrected chi connectivity index (χ0v) is 19.2. The van der Waals surface area contributed by atoms with E-state index in [1.807, 2.05) is 12.1 Å². The number of phenolic OH excluding ortho intramolecular Hbond substituents is 1. The van der Waals surface area contributed by atoms with Crippen molar-refractivity contribution in [2.45, 2.75) is 94.2 Å². The minimum atomic E-state index is -0.803. The van der Waals surface area contributed by atoms with Gasteiger partial charge in [0.2, 0.25) is 0 Å². The third-order valence-electron chi connectivity index (χ3n) is 9.80. The number of phenols is 1. The molecule has 5 aliphatic rings. The Bertz CT molecular complexity index is 1080. The highest BCUT2D eigenvalue weighted by atomic mass is 16.3. The number of piperidine rings is 1. The molecule has 2 aromatic rings. The quantitative estimate of drug-likeness (QED) is 0.773. The fourth-order valence-corrected chi connectivity index (χ4v) is 7.91. The normalized spacial score (nSPS) is 34.2. The molecular weight excluding hydrogens is 398 g/mol. The van der Waals surface area contributed by atoms with Crippen LogP contribution < -0.4 is 0 Å². The lowest BCUT2D eigenvalue weighted by Crippen LogP contribution is -2.74. The minimum absolute atomic E-state index is 0.149. The second-order valence-electron chi connectivity index (χ2n) is 11.5. The van der Waals surface area contributed by atoms with Crippen LogP contribution in [0.15, 0.2) is 18.2 Å². The van der Waals surface area contributed by atoms with Crippen molar-refractivity contribution in [1.82, 2.24) is 14.7 Å². The second-order valence-corrected chi connectivity index (χ2v) is 11.5. The average Bonchev–Trinajstić information content (AvgIpc) is 3.31. The van der Waals surface area contributed by atoms with Gasteiger partial charge >= 0.3 is 0 Å². The first-order valence-electron chi connectivity index (χ1n) is 12.8. The number of aromatic hydroxyl groups is 1. The largest absolute Gasteiger partial charge is 0.508 e. The van der Waals surface area contributed by atoms with Gasteiger partial charge in [0, 0.05) is 36.5 Å². The Morgan fingerprint density at radius 1 is 1.12 bits per heavy atom. The van der Waals surface area contributed by atoms with Crippen LogP contribution in [0.2, 0.25) is 0 Å². The van der Waals surface area contributed by atoms with Crippen LogP contribution in [0, 0.1) is 12.8 Å². The average molecular weight is 434 g/mol. The number of likely N-dealkylation sites (tertiary alicyclic amines) is 1. The summed E-state index contributed by atoms with van der Waals surface area (Å²) in [4.78, 5) is 2.62. The molecule has 2 N–H and O–H groups in total. The van der Waals surface area contributed by atoms with Gasteiger partial charge in [-0.25, -0.2) is 0 Å². The lowest BCUT2D eigenvalue weighted by Gasteiger charge is -2.63. The van der Waals surface area contributed by atoms with Crippen molar-refractivity contribution in [1.29, 1.82) is 0 Å². The molecule has 2 saturated carbocycles. The standard InChI is InChI=1S/C27H35N3O2/c1-17-22-14-27(32)25-12-19-8-9-21(31)13-23(19)26(27,10-11-29(25)16-18-6-7-18)15-24(22)28-30(17)20-4-2-3-5-20/h8-9,13,18,20,25,31-32H,2-7,10-12,14-16H2,1H3/t25-,26-,27-/m1/s1. The number of hydrogen-bond acceptors (Lipinski definition) is 4. The molecule has 7 rings (SSSR count). The van der Waals surface area contributed by atoms with Crippen LogP contribution in [0.3, 0.4) is 0 Å². The fourth-order valence-electron chi connectivity index (χ4n) is 7.91. The third kappa shape index (κ3) is 2.55. The molecule has 170 valence electrons. The van der Waals surface area contributed by atoms with Crippen molar-refractivity contribution in [2.24, 2.45) is 5.92 Å². The summed E-state index contributed by atoms with van der Waals surface area (Å²) in [7, 11) is 0. The summed E-state index contributed by atoms with van der Waals surface area (Å²) in [5.41, 5.74) is 5.13. The Kier molecular flexibility index (Phi) is 4.04. The number of nitrogens with zero attached hydrogens (tertiary/aromatic N) is 3. The van der Waals surface area contributed by atoms with Crippen LogP contribution in [0.1, 0.15) is 79.1 Å². The molecule has 0 radical (unpaired) electrons. The number of benzene rings is 1. The first-order chi connectivity index (χ1) is 15.5. The number of hydrogen-bond donors (Lipinski definition) is 2. The highest BCUT2D eigenvalue weighted by Crippen LogP contribution is 2.58. The van der Waals surface area contributed by atoms with E-state index < -0.39 is 5.60 Å². The maximum Gasteiger partial charge on any atom is 0.115 e. The number of fused-ring (bicyclic) bond motifs is 2. The molecule has 5 nitrogen and oxygen atoms in total. The first-order valence-corrected chi connectivity index (χ1v) is 12.8. The number of aliphatic hydroxyl groups is 1. The zero-order chi connectivity index (χ0) is 21.7. The van der Waals surface area contributed by atoms with Gasteiger partial charge in [0.1, 0.15) is 5.75 Å². The van der Waals surface area contributed by atoms with Crippen molar-refractivity contribution in [3.05, 3.63) is 46.3 Å². The summed E-state index contributed by atoms with van der Waals surface area (Å²) in [5.74, 6) is 1.14. The monoisotopic (exact) mass is 433 g/mol. The van der Waals surface area contributed by atoms with E-state index in [0.29, 0.717) is 18.2 Å². The van der Waals surface area contributed by atoms with Gasteiger partial charge in [0.25, 0.3) is 0 Å². The smallest absolute Gasteiger partial charge is 0.115 e. The fraction of sp³-hybridized carbons (Fsp3) is 0.667. The van der Waals surface area contributed by atoms with E-state index in [9.17, 15) is 10.2 Å². The van der Waals surface area contributed by atoms with Crippen LogP contribution in [0.4, 0.5) is 0 Å². The molecule has 0 amide bonds. The van der Waals surface area contributed by atoms with Gasteiger partial charge in [0.05, 0.1) is 17.3 Å². The van der Waals surface area contributed by atoms with Crippen molar-refractivity contribution in [3.63, 3.8) is 0 Å². The minimum Gasteiger partial charge on any atom is -0.508 e. The molecule has 0 unspecified atom stereocenters. The molecule has 3 atom stereocenters. The molecule has 5 heteroatoms. The molecule has 32 heavy (non-hydrogen) atoms. The van der Waals surface area contributed by atoms with Crippen molar-refractivity contribution < 1.29 is 10.2 Å². The Hall–Kier alpha value is -1.85. The maximum atomic E-state index is 12.7. The third-order valence-corrected chi connectivity index (χ3v) is 9.80. The van der Waals surface area contributed by atoms with Crippen LogP contribution >= 0.6 is 0 Å². The highest BCUT2D eigenvalue weighted by Gasteiger charge is 2.65. The molecule has 1 saturated heterocycles. The Labute approximate surface area is 190 Å². The van der Waals surface area contributed by atoms with E-state index in [1.54, 1.807) is 0 Å². The second kappa shape index (κ2) is 6.60. The van der Waals surface area contributed by atoms with E-state index in [-0.39, 0.29) is 11.5 Å². The highest BCUT2D eigenvalue weighted by molar-refractivity contribution is 5.52. The molecule has 3 fully saturated rings. The predicted molar refractivity (Wildman–Crippen MR) is 123 cm³/mol. The van der Waals surface area contributed by atoms with Crippen molar-refractivity contribution in [2.75, 3.05) is 13.1 Å². The number of rotatable bonds is 3. The Morgan fingerprint density at radius 2 is 1.94 bits per heavy atom. The van der Waals surface area contributed by atoms with Gasteiger partial charge < -0.3 is 10.2 Å². The summed E-state index contributed by atoms with van der Waals surface area (Å²) in [6.45, 7) is 4.39. The SMILES string of the molecule is Cc1c2c(nn1C1CCCC1)C[C@]13CCN(CC4CC4)[C@H](Cc4ccc(O)cc41)[C@]3(O)C2. The topological polar surface area (TPSA) is 61.5 Å². The lowest BCUT2D eigenvalue weighted by atomic mass is 9.49. The molecule has 1 aromatic heterocycles. The Morgan fingerprint density at radius 3 is 2.72 bits per heavy atom. The Balaban J connectivity index is 1.38. The summed E-state index contributed by atoms with van der Waals surface area (Å²) < 4.78 is 2.31. The molecule has 2 bridgehead atoms. The van der Waals surface area contributed by atoms with Gasteiger partial charge in [-0.1, -0.05) is 18.9 Å². The molecule has 2 heterocycles. The summed E-state index contributed by atoms with van der Waals surface area (Å²) in [5, 5.41) is 28.3. The van der Waals surface area contributed by atoms with Crippen molar-refractivity contribution in [3.8, 4) is 5.75 Å². The zero-order valence-electron chi connectivity index (χ0n) is 19.2. The van der Waals surface area contributed by atoms with Gasteiger partial charge in [-0.15, -0.1) is 0 Å². The van der Waals surface area contributed by atoms with Crippen molar-refractivity contribution >= 4 is 0 Å². The van der Waals surface area contributed by atoms with Crippen LogP contribution in [-0.2, 0) is 24.7 Å². The van der Waals surface area contributed by atoms with E-state index in [2.05, 4.69) is 22.6 Å². The van der Waals surface area contributed by atoms with E-state index >= 15 is 0 Å². The van der Waals surface area contributed by atoms with Crippen LogP contribution in [0.5, 0.6) is 5.75 Å². The van der Waals surface area contributed by atoms with Gasteiger partial charge in [-0.05, 0) is 86.7 Å². The predicted octanol–water partition coefficient (Wildman–Crippen LogP) is 3.82. The molecule has 1 aliphatic heterocycles. The lowest BCUT2D eigenvalue weighted by molar-refractivity contribution is -0.152. The van der Waals surface area contributed by atoms with E-state index in [0.717, 1.165) is 38.3 Å². The van der Waals surface area contributed by atoms with Crippen LogP contribution in [0.25, 0.3) is 0 Å². The molecule has 1 aromatic carbocycles.